The number of carbonyl (C=O) groups is 1. The Kier molecular flexibility index (Phi) is 5.39. The molecule has 3 fully saturated rings. The summed E-state index contributed by atoms with van der Waals surface area (Å²) in [5, 5.41) is 3.88. The highest BCUT2D eigenvalue weighted by atomic mass is 35.5. The van der Waals surface area contributed by atoms with E-state index in [9.17, 15) is 4.79 Å². The zero-order valence-corrected chi connectivity index (χ0v) is 19.8. The number of carbonyl (C=O) groups excluding carboxylic acids is 1. The van der Waals surface area contributed by atoms with Crippen molar-refractivity contribution < 1.29 is 14.3 Å². The van der Waals surface area contributed by atoms with Gasteiger partial charge in [-0.05, 0) is 92.1 Å². The van der Waals surface area contributed by atoms with Gasteiger partial charge >= 0.3 is 0 Å². The lowest BCUT2D eigenvalue weighted by molar-refractivity contribution is -0.136. The van der Waals surface area contributed by atoms with E-state index in [0.29, 0.717) is 23.2 Å². The van der Waals surface area contributed by atoms with Gasteiger partial charge in [0.05, 0.1) is 25.9 Å². The first-order valence-corrected chi connectivity index (χ1v) is 12.5. The number of hydrogen-bond acceptors (Lipinski definition) is 4. The molecule has 1 N–H and O–H groups in total. The first-order chi connectivity index (χ1) is 16.1. The molecule has 2 aromatic rings. The third kappa shape index (κ3) is 3.84. The number of amides is 1. The summed E-state index contributed by atoms with van der Waals surface area (Å²) in [4.78, 5) is 15.6. The van der Waals surface area contributed by atoms with E-state index in [1.165, 1.54) is 30.5 Å². The Labute approximate surface area is 200 Å². The summed E-state index contributed by atoms with van der Waals surface area (Å²) in [6.45, 7) is 2.84. The number of likely N-dealkylation sites (tertiary alicyclic amines) is 1. The van der Waals surface area contributed by atoms with Crippen LogP contribution in [0.1, 0.15) is 47.2 Å². The van der Waals surface area contributed by atoms with Gasteiger partial charge < -0.3 is 14.8 Å². The number of fused-ring (bicyclic) bond motifs is 1. The summed E-state index contributed by atoms with van der Waals surface area (Å²) in [6, 6.07) is 14.0. The van der Waals surface area contributed by atoms with Crippen LogP contribution in [-0.4, -0.2) is 55.8 Å². The standard InChI is InChI=1S/C27H31ClN2O3/c1-32-22-9-6-19-12-24-25-27(23(19)13-22,10-11-30(24)15-17-2-3-17)14-21(16-33-25)29-26(31)18-4-7-20(28)8-5-18/h4-9,13,17,21,24-25H,2-3,10-12,14-16H2,1H3,(H,29,31)/t21?,24-,25?,27-/m1/s1. The van der Waals surface area contributed by atoms with E-state index < -0.39 is 0 Å². The van der Waals surface area contributed by atoms with Gasteiger partial charge in [-0.2, -0.15) is 0 Å². The minimum absolute atomic E-state index is 0.0304. The molecule has 2 unspecified atom stereocenters. The lowest BCUT2D eigenvalue weighted by Gasteiger charge is -2.59. The molecular formula is C27H31ClN2O3. The van der Waals surface area contributed by atoms with Crippen LogP contribution < -0.4 is 10.1 Å². The van der Waals surface area contributed by atoms with Crippen LogP contribution in [-0.2, 0) is 16.6 Å². The fourth-order valence-corrected chi connectivity index (χ4v) is 6.55. The zero-order chi connectivity index (χ0) is 22.6. The van der Waals surface area contributed by atoms with Gasteiger partial charge in [0.15, 0.2) is 0 Å². The highest BCUT2D eigenvalue weighted by Gasteiger charge is 2.57. The van der Waals surface area contributed by atoms with Crippen molar-refractivity contribution in [3.8, 4) is 5.75 Å². The predicted octanol–water partition coefficient (Wildman–Crippen LogP) is 4.21. The van der Waals surface area contributed by atoms with Crippen LogP contribution in [0.4, 0.5) is 0 Å². The lowest BCUT2D eigenvalue weighted by Crippen LogP contribution is -2.68. The first kappa shape index (κ1) is 21.5. The highest BCUT2D eigenvalue weighted by molar-refractivity contribution is 6.30. The predicted molar refractivity (Wildman–Crippen MR) is 128 cm³/mol. The Morgan fingerprint density at radius 2 is 2.06 bits per heavy atom. The smallest absolute Gasteiger partial charge is 0.251 e. The number of methoxy groups -OCH3 is 1. The van der Waals surface area contributed by atoms with Crippen molar-refractivity contribution in [2.75, 3.05) is 26.8 Å². The van der Waals surface area contributed by atoms with E-state index in [2.05, 4.69) is 28.4 Å². The van der Waals surface area contributed by atoms with E-state index in [1.807, 2.05) is 0 Å². The quantitative estimate of drug-likeness (QED) is 0.717. The molecule has 1 amide bonds. The van der Waals surface area contributed by atoms with Crippen LogP contribution in [0.2, 0.25) is 5.02 Å². The van der Waals surface area contributed by atoms with Crippen LogP contribution in [0.15, 0.2) is 42.5 Å². The Hall–Kier alpha value is -2.08. The maximum absolute atomic E-state index is 12.9. The highest BCUT2D eigenvalue weighted by Crippen LogP contribution is 2.52. The second-order valence-corrected chi connectivity index (χ2v) is 10.7. The molecule has 2 bridgehead atoms. The molecule has 4 aliphatic rings. The second kappa shape index (κ2) is 8.30. The average Bonchev–Trinajstić information content (AvgIpc) is 3.65. The summed E-state index contributed by atoms with van der Waals surface area (Å²) in [5.41, 5.74) is 3.30. The second-order valence-electron chi connectivity index (χ2n) is 10.3. The van der Waals surface area contributed by atoms with Gasteiger partial charge in [0, 0.05) is 28.6 Å². The first-order valence-electron chi connectivity index (χ1n) is 12.2. The van der Waals surface area contributed by atoms with Crippen molar-refractivity contribution in [3.05, 3.63) is 64.2 Å². The summed E-state index contributed by atoms with van der Waals surface area (Å²) in [6.07, 6.45) is 5.87. The fourth-order valence-electron chi connectivity index (χ4n) is 6.42. The SMILES string of the molecule is COc1ccc2c(c1)[C@]13CCN(CC4CC4)[C@H](C2)C1OCC(NC(=O)c1ccc(Cl)cc1)C3. The van der Waals surface area contributed by atoms with Gasteiger partial charge in [-0.15, -0.1) is 0 Å². The van der Waals surface area contributed by atoms with Crippen molar-refractivity contribution >= 4 is 17.5 Å². The molecule has 33 heavy (non-hydrogen) atoms. The van der Waals surface area contributed by atoms with Crippen LogP contribution in [0, 0.1) is 5.92 Å². The third-order valence-electron chi connectivity index (χ3n) is 8.21. The van der Waals surface area contributed by atoms with E-state index in [1.54, 1.807) is 31.4 Å². The van der Waals surface area contributed by atoms with Crippen LogP contribution in [0.3, 0.4) is 0 Å². The fraction of sp³-hybridized carbons (Fsp3) is 0.519. The van der Waals surface area contributed by atoms with Crippen molar-refractivity contribution in [2.45, 2.75) is 55.7 Å². The minimum atomic E-state index is -0.0942. The zero-order valence-electron chi connectivity index (χ0n) is 19.1. The number of ether oxygens (including phenoxy) is 2. The van der Waals surface area contributed by atoms with Gasteiger partial charge in [-0.3, -0.25) is 9.69 Å². The number of nitrogens with zero attached hydrogens (tertiary/aromatic N) is 1. The van der Waals surface area contributed by atoms with E-state index >= 15 is 0 Å². The van der Waals surface area contributed by atoms with Gasteiger partial charge in [0.2, 0.25) is 0 Å². The van der Waals surface area contributed by atoms with Crippen molar-refractivity contribution in [2.24, 2.45) is 5.92 Å². The molecule has 2 aliphatic heterocycles. The Morgan fingerprint density at radius 3 is 2.82 bits per heavy atom. The van der Waals surface area contributed by atoms with Crippen LogP contribution in [0.5, 0.6) is 5.75 Å². The Balaban J connectivity index is 1.30. The van der Waals surface area contributed by atoms with Gasteiger partial charge in [0.25, 0.3) is 5.91 Å². The number of hydrogen-bond donors (Lipinski definition) is 1. The van der Waals surface area contributed by atoms with Gasteiger partial charge in [-0.1, -0.05) is 17.7 Å². The molecule has 2 heterocycles. The molecule has 2 aromatic carbocycles. The monoisotopic (exact) mass is 466 g/mol. The molecule has 6 heteroatoms. The summed E-state index contributed by atoms with van der Waals surface area (Å²) >= 11 is 6.00. The normalized spacial score (nSPS) is 30.8. The number of nitrogens with one attached hydrogen (secondary N) is 1. The number of piperidine rings is 1. The molecule has 2 saturated heterocycles. The molecule has 174 valence electrons. The number of rotatable bonds is 5. The Bertz CT molecular complexity index is 1050. The van der Waals surface area contributed by atoms with Gasteiger partial charge in [0.1, 0.15) is 5.75 Å². The molecule has 5 nitrogen and oxygen atoms in total. The van der Waals surface area contributed by atoms with E-state index in [0.717, 1.165) is 37.5 Å². The average molecular weight is 467 g/mol. The molecule has 0 spiro atoms. The molecule has 1 saturated carbocycles. The minimum Gasteiger partial charge on any atom is -0.497 e. The number of halogens is 1. The topological polar surface area (TPSA) is 50.8 Å². The molecular weight excluding hydrogens is 436 g/mol. The van der Waals surface area contributed by atoms with E-state index in [4.69, 9.17) is 21.1 Å². The van der Waals surface area contributed by atoms with E-state index in [-0.39, 0.29) is 23.5 Å². The molecule has 2 aliphatic carbocycles. The van der Waals surface area contributed by atoms with Crippen molar-refractivity contribution in [1.82, 2.24) is 10.2 Å². The Morgan fingerprint density at radius 1 is 1.24 bits per heavy atom. The summed E-state index contributed by atoms with van der Waals surface area (Å²) < 4.78 is 12.3. The summed E-state index contributed by atoms with van der Waals surface area (Å²) in [7, 11) is 1.73. The summed E-state index contributed by atoms with van der Waals surface area (Å²) in [5.74, 6) is 1.69. The largest absolute Gasteiger partial charge is 0.497 e. The van der Waals surface area contributed by atoms with Crippen LogP contribution >= 0.6 is 11.6 Å². The maximum Gasteiger partial charge on any atom is 0.251 e. The molecule has 4 atom stereocenters. The maximum atomic E-state index is 12.9. The number of benzene rings is 2. The molecule has 0 radical (unpaired) electrons. The van der Waals surface area contributed by atoms with Crippen molar-refractivity contribution in [1.29, 1.82) is 0 Å². The lowest BCUT2D eigenvalue weighted by atomic mass is 9.58. The van der Waals surface area contributed by atoms with Crippen molar-refractivity contribution in [3.63, 3.8) is 0 Å². The van der Waals surface area contributed by atoms with Gasteiger partial charge in [-0.25, -0.2) is 0 Å². The van der Waals surface area contributed by atoms with Crippen LogP contribution in [0.25, 0.3) is 0 Å². The molecule has 0 aromatic heterocycles. The molecule has 6 rings (SSSR count). The third-order valence-corrected chi connectivity index (χ3v) is 8.46.